The van der Waals surface area contributed by atoms with E-state index >= 15 is 0 Å². The van der Waals surface area contributed by atoms with Gasteiger partial charge in [0.15, 0.2) is 0 Å². The summed E-state index contributed by atoms with van der Waals surface area (Å²) in [7, 11) is 0. The van der Waals surface area contributed by atoms with Gasteiger partial charge in [-0.05, 0) is 12.1 Å². The van der Waals surface area contributed by atoms with Crippen molar-refractivity contribution in [1.82, 2.24) is 9.55 Å². The summed E-state index contributed by atoms with van der Waals surface area (Å²) in [4.78, 5) is 16.5. The zero-order valence-electron chi connectivity index (χ0n) is 10.00. The third-order valence-electron chi connectivity index (χ3n) is 3.49. The monoisotopic (exact) mass is 250 g/mol. The Labute approximate surface area is 108 Å². The number of hydrogen-bond donors (Lipinski definition) is 1. The summed E-state index contributed by atoms with van der Waals surface area (Å²) in [6.45, 7) is 0.515. The second-order valence-corrected chi connectivity index (χ2v) is 4.71. The first-order valence-electron chi connectivity index (χ1n) is 6.05. The fourth-order valence-corrected chi connectivity index (χ4v) is 2.61. The molecule has 0 aliphatic carbocycles. The number of aromatic hydroxyl groups is 1. The maximum Gasteiger partial charge on any atom is 0.255 e. The highest BCUT2D eigenvalue weighted by molar-refractivity contribution is 5.83. The summed E-state index contributed by atoms with van der Waals surface area (Å²) in [6, 6.07) is 12.7. The first-order valence-corrected chi connectivity index (χ1v) is 6.05. The summed E-state index contributed by atoms with van der Waals surface area (Å²) in [5.74, 6) is -0.0148. The molecule has 1 aromatic carbocycles. The van der Waals surface area contributed by atoms with Gasteiger partial charge in [0.2, 0.25) is 0 Å². The van der Waals surface area contributed by atoms with Crippen LogP contribution in [0.3, 0.4) is 0 Å². The van der Waals surface area contributed by atoms with E-state index < -0.39 is 0 Å². The summed E-state index contributed by atoms with van der Waals surface area (Å²) in [5, 5.41) is 10.6. The van der Waals surface area contributed by atoms with Crippen LogP contribution in [0.15, 0.2) is 47.3 Å². The fraction of sp³-hybridized carbons (Fsp3) is 0.0667. The van der Waals surface area contributed by atoms with Crippen LogP contribution in [0.2, 0.25) is 0 Å². The van der Waals surface area contributed by atoms with Gasteiger partial charge >= 0.3 is 0 Å². The number of benzene rings is 1. The average Bonchev–Trinajstić information content (AvgIpc) is 2.74. The van der Waals surface area contributed by atoms with E-state index in [0.717, 1.165) is 22.2 Å². The maximum atomic E-state index is 11.9. The minimum atomic E-state index is -0.197. The van der Waals surface area contributed by atoms with Crippen LogP contribution in [0.4, 0.5) is 0 Å². The molecule has 3 heterocycles. The number of nitrogens with zero attached hydrogens (tertiary/aromatic N) is 2. The molecule has 4 rings (SSSR count). The van der Waals surface area contributed by atoms with Gasteiger partial charge in [-0.1, -0.05) is 18.2 Å². The Balaban J connectivity index is 2.09. The number of para-hydroxylation sites is 1. The zero-order valence-corrected chi connectivity index (χ0v) is 10.00. The third-order valence-corrected chi connectivity index (χ3v) is 3.49. The minimum absolute atomic E-state index is 0.0148. The van der Waals surface area contributed by atoms with Crippen LogP contribution >= 0.6 is 0 Å². The van der Waals surface area contributed by atoms with Gasteiger partial charge in [0.05, 0.1) is 23.4 Å². The number of hydrogen-bond acceptors (Lipinski definition) is 3. The lowest BCUT2D eigenvalue weighted by atomic mass is 10.1. The van der Waals surface area contributed by atoms with E-state index in [2.05, 4.69) is 11.1 Å². The van der Waals surface area contributed by atoms with Crippen LogP contribution in [0.25, 0.3) is 22.3 Å². The maximum absolute atomic E-state index is 11.9. The van der Waals surface area contributed by atoms with Crippen LogP contribution in [0.1, 0.15) is 5.56 Å². The fourth-order valence-electron chi connectivity index (χ4n) is 2.61. The van der Waals surface area contributed by atoms with Crippen LogP contribution < -0.4 is 5.56 Å². The van der Waals surface area contributed by atoms with Crippen molar-refractivity contribution in [3.05, 3.63) is 58.4 Å². The number of aromatic nitrogens is 2. The van der Waals surface area contributed by atoms with Crippen molar-refractivity contribution in [1.29, 1.82) is 0 Å². The average molecular weight is 250 g/mol. The van der Waals surface area contributed by atoms with E-state index in [1.54, 1.807) is 10.6 Å². The van der Waals surface area contributed by atoms with Gasteiger partial charge in [-0.25, -0.2) is 4.98 Å². The molecule has 0 saturated heterocycles. The van der Waals surface area contributed by atoms with Crippen molar-refractivity contribution < 1.29 is 5.11 Å². The molecule has 0 fully saturated rings. The Morgan fingerprint density at radius 1 is 1.16 bits per heavy atom. The molecule has 4 nitrogen and oxygen atoms in total. The van der Waals surface area contributed by atoms with E-state index in [4.69, 9.17) is 0 Å². The molecular weight excluding hydrogens is 240 g/mol. The summed E-state index contributed by atoms with van der Waals surface area (Å²) in [6.07, 6.45) is 0. The summed E-state index contributed by atoms with van der Waals surface area (Å²) in [5.41, 5.74) is 3.18. The molecule has 0 saturated carbocycles. The first-order chi connectivity index (χ1) is 9.22. The van der Waals surface area contributed by atoms with Crippen molar-refractivity contribution in [3.63, 3.8) is 0 Å². The lowest BCUT2D eigenvalue weighted by Crippen LogP contribution is -2.16. The summed E-state index contributed by atoms with van der Waals surface area (Å²) >= 11 is 0. The highest BCUT2D eigenvalue weighted by Gasteiger charge is 2.21. The third kappa shape index (κ3) is 1.40. The van der Waals surface area contributed by atoms with Gasteiger partial charge in [-0.2, -0.15) is 0 Å². The number of pyridine rings is 2. The molecule has 0 radical (unpaired) electrons. The van der Waals surface area contributed by atoms with Crippen molar-refractivity contribution in [3.8, 4) is 17.1 Å². The normalized spacial score (nSPS) is 12.4. The number of fused-ring (bicyclic) bond motifs is 4. The van der Waals surface area contributed by atoms with Gasteiger partial charge in [-0.15, -0.1) is 0 Å². The molecule has 1 aliphatic heterocycles. The highest BCUT2D eigenvalue weighted by Crippen LogP contribution is 2.32. The number of rotatable bonds is 0. The molecule has 3 aromatic rings. The van der Waals surface area contributed by atoms with E-state index in [-0.39, 0.29) is 11.3 Å². The molecule has 1 aliphatic rings. The molecule has 0 atom stereocenters. The lowest BCUT2D eigenvalue weighted by molar-refractivity contribution is 0.472. The van der Waals surface area contributed by atoms with Crippen molar-refractivity contribution in [2.24, 2.45) is 0 Å². The lowest BCUT2D eigenvalue weighted by Gasteiger charge is -2.03. The van der Waals surface area contributed by atoms with E-state index in [1.807, 2.05) is 24.3 Å². The molecule has 0 bridgehead atoms. The Kier molecular flexibility index (Phi) is 1.87. The van der Waals surface area contributed by atoms with Crippen molar-refractivity contribution in [2.75, 3.05) is 0 Å². The van der Waals surface area contributed by atoms with Crippen LogP contribution in [0.5, 0.6) is 5.75 Å². The van der Waals surface area contributed by atoms with Gasteiger partial charge in [-0.3, -0.25) is 4.79 Å². The second kappa shape index (κ2) is 3.45. The molecule has 0 amide bonds. The molecule has 92 valence electrons. The highest BCUT2D eigenvalue weighted by atomic mass is 16.3. The molecule has 19 heavy (non-hydrogen) atoms. The van der Waals surface area contributed by atoms with E-state index in [1.165, 1.54) is 6.07 Å². The molecule has 2 aromatic heterocycles. The first kappa shape index (κ1) is 10.3. The van der Waals surface area contributed by atoms with Gasteiger partial charge in [0.1, 0.15) is 5.75 Å². The second-order valence-electron chi connectivity index (χ2n) is 4.71. The zero-order chi connectivity index (χ0) is 13.0. The van der Waals surface area contributed by atoms with Crippen molar-refractivity contribution >= 4 is 10.9 Å². The Bertz CT molecular complexity index is 881. The molecule has 0 unspecified atom stereocenters. The smallest absolute Gasteiger partial charge is 0.255 e. The van der Waals surface area contributed by atoms with Gasteiger partial charge < -0.3 is 9.67 Å². The molecule has 4 heteroatoms. The topological polar surface area (TPSA) is 55.1 Å². The molecule has 1 N–H and O–H groups in total. The summed E-state index contributed by atoms with van der Waals surface area (Å²) < 4.78 is 1.64. The predicted octanol–water partition coefficient (Wildman–Crippen LogP) is 2.13. The standard InChI is InChI=1S/C15H10N2O2/c18-11-6-13-15-10(8-17(13)14(19)7-11)5-9-3-1-2-4-12(9)16-15/h1-7,18H,8H2. The Hall–Kier alpha value is -2.62. The predicted molar refractivity (Wildman–Crippen MR) is 72.2 cm³/mol. The minimum Gasteiger partial charge on any atom is -0.508 e. The van der Waals surface area contributed by atoms with Gasteiger partial charge in [0.25, 0.3) is 5.56 Å². The van der Waals surface area contributed by atoms with E-state index in [0.29, 0.717) is 12.2 Å². The molecule has 0 spiro atoms. The quantitative estimate of drug-likeness (QED) is 0.520. The molecular formula is C15H10N2O2. The van der Waals surface area contributed by atoms with Crippen molar-refractivity contribution in [2.45, 2.75) is 6.54 Å². The Morgan fingerprint density at radius 3 is 2.89 bits per heavy atom. The Morgan fingerprint density at radius 2 is 2.00 bits per heavy atom. The van der Waals surface area contributed by atoms with E-state index in [9.17, 15) is 9.90 Å². The van der Waals surface area contributed by atoms with Crippen LogP contribution in [-0.2, 0) is 6.54 Å². The SMILES string of the molecule is O=c1cc(O)cc2n1Cc1cc3ccccc3nc1-2. The van der Waals surface area contributed by atoms with Gasteiger partial charge in [0, 0.05) is 23.1 Å². The van der Waals surface area contributed by atoms with Crippen LogP contribution in [-0.4, -0.2) is 14.7 Å². The van der Waals surface area contributed by atoms with Crippen LogP contribution in [0, 0.1) is 0 Å². The largest absolute Gasteiger partial charge is 0.508 e.